The summed E-state index contributed by atoms with van der Waals surface area (Å²) in [7, 11) is 1.59. The number of aromatic nitrogens is 3. The monoisotopic (exact) mass is 453 g/mol. The molecule has 31 heavy (non-hydrogen) atoms. The van der Waals surface area contributed by atoms with Crippen LogP contribution in [-0.4, -0.2) is 33.5 Å². The van der Waals surface area contributed by atoms with Gasteiger partial charge in [0, 0.05) is 23.0 Å². The molecule has 1 aliphatic rings. The van der Waals surface area contributed by atoms with E-state index >= 15 is 0 Å². The van der Waals surface area contributed by atoms with E-state index in [0.717, 1.165) is 28.5 Å². The van der Waals surface area contributed by atoms with Gasteiger partial charge >= 0.3 is 5.97 Å². The van der Waals surface area contributed by atoms with Crippen molar-refractivity contribution in [1.82, 2.24) is 14.7 Å². The number of para-hydroxylation sites is 1. The van der Waals surface area contributed by atoms with Gasteiger partial charge in [-0.05, 0) is 42.0 Å². The molecule has 0 atom stereocenters. The maximum Gasteiger partial charge on any atom is 0.341 e. The maximum atomic E-state index is 13.1. The number of esters is 1. The van der Waals surface area contributed by atoms with Crippen LogP contribution in [0, 0.1) is 0 Å². The molecule has 4 aromatic rings. The SMILES string of the molecule is COc1ccccc1-c1noc(COC(=O)c2c(-n3cccc3)sc3c2CCSC3)n1. The van der Waals surface area contributed by atoms with Crippen molar-refractivity contribution in [2.45, 2.75) is 18.8 Å². The first-order valence-corrected chi connectivity index (χ1v) is 11.7. The van der Waals surface area contributed by atoms with Crippen molar-refractivity contribution in [3.8, 4) is 22.1 Å². The van der Waals surface area contributed by atoms with Gasteiger partial charge in [0.25, 0.3) is 5.89 Å². The second-order valence-corrected chi connectivity index (χ2v) is 9.05. The summed E-state index contributed by atoms with van der Waals surface area (Å²) in [6.45, 7) is -0.0918. The van der Waals surface area contributed by atoms with E-state index in [1.54, 1.807) is 18.4 Å². The Morgan fingerprint density at radius 3 is 2.90 bits per heavy atom. The number of carbonyl (C=O) groups is 1. The maximum absolute atomic E-state index is 13.1. The Morgan fingerprint density at radius 1 is 1.23 bits per heavy atom. The third kappa shape index (κ3) is 3.86. The van der Waals surface area contributed by atoms with Crippen molar-refractivity contribution < 1.29 is 18.8 Å². The molecule has 4 heterocycles. The van der Waals surface area contributed by atoms with Crippen LogP contribution in [0.5, 0.6) is 5.75 Å². The predicted octanol–water partition coefficient (Wildman–Crippen LogP) is 4.74. The van der Waals surface area contributed by atoms with Crippen LogP contribution in [0.15, 0.2) is 53.3 Å². The number of rotatable bonds is 6. The van der Waals surface area contributed by atoms with Crippen LogP contribution in [0.4, 0.5) is 0 Å². The molecule has 9 heteroatoms. The molecule has 0 amide bonds. The summed E-state index contributed by atoms with van der Waals surface area (Å²) in [6.07, 6.45) is 4.75. The molecule has 0 saturated heterocycles. The van der Waals surface area contributed by atoms with E-state index in [2.05, 4.69) is 10.1 Å². The molecule has 0 aliphatic carbocycles. The first kappa shape index (κ1) is 19.9. The van der Waals surface area contributed by atoms with Gasteiger partial charge in [-0.3, -0.25) is 0 Å². The van der Waals surface area contributed by atoms with Crippen molar-refractivity contribution in [3.05, 3.63) is 70.7 Å². The summed E-state index contributed by atoms with van der Waals surface area (Å²) in [4.78, 5) is 18.7. The van der Waals surface area contributed by atoms with Crippen LogP contribution in [0.3, 0.4) is 0 Å². The molecule has 0 fully saturated rings. The van der Waals surface area contributed by atoms with Crippen LogP contribution in [0.2, 0.25) is 0 Å². The molecular weight excluding hydrogens is 434 g/mol. The largest absolute Gasteiger partial charge is 0.496 e. The first-order valence-electron chi connectivity index (χ1n) is 9.73. The fraction of sp³-hybridized carbons (Fsp3) is 0.227. The van der Waals surface area contributed by atoms with E-state index in [9.17, 15) is 4.79 Å². The molecule has 0 N–H and O–H groups in total. The van der Waals surface area contributed by atoms with Crippen LogP contribution in [0.25, 0.3) is 16.4 Å². The van der Waals surface area contributed by atoms with Gasteiger partial charge in [-0.2, -0.15) is 16.7 Å². The first-order chi connectivity index (χ1) is 15.2. The Bertz CT molecular complexity index is 1210. The fourth-order valence-electron chi connectivity index (χ4n) is 3.53. The Morgan fingerprint density at radius 2 is 2.06 bits per heavy atom. The third-order valence-corrected chi connectivity index (χ3v) is 7.40. The van der Waals surface area contributed by atoms with Gasteiger partial charge in [-0.25, -0.2) is 4.79 Å². The average molecular weight is 454 g/mol. The van der Waals surface area contributed by atoms with Gasteiger partial charge in [-0.1, -0.05) is 17.3 Å². The summed E-state index contributed by atoms with van der Waals surface area (Å²) < 4.78 is 18.2. The molecular formula is C22H19N3O4S2. The summed E-state index contributed by atoms with van der Waals surface area (Å²) in [5.74, 6) is 2.82. The van der Waals surface area contributed by atoms with Gasteiger partial charge in [0.15, 0.2) is 6.61 Å². The Hall–Kier alpha value is -3.04. The van der Waals surface area contributed by atoms with Crippen LogP contribution < -0.4 is 4.74 Å². The smallest absolute Gasteiger partial charge is 0.341 e. The zero-order valence-corrected chi connectivity index (χ0v) is 18.4. The predicted molar refractivity (Wildman–Crippen MR) is 119 cm³/mol. The van der Waals surface area contributed by atoms with Gasteiger partial charge in [0.1, 0.15) is 10.8 Å². The standard InChI is InChI=1S/C22H19N3O4S2/c1-27-16-7-3-2-6-14(16)20-23-18(29-24-20)12-28-22(26)19-15-8-11-30-13-17(15)31-21(19)25-9-4-5-10-25/h2-7,9-10H,8,11-13H2,1H3. The minimum absolute atomic E-state index is 0.0918. The van der Waals surface area contributed by atoms with E-state index in [4.69, 9.17) is 14.0 Å². The third-order valence-electron chi connectivity index (χ3n) is 4.99. The normalized spacial score (nSPS) is 13.1. The quantitative estimate of drug-likeness (QED) is 0.390. The van der Waals surface area contributed by atoms with E-state index < -0.39 is 0 Å². The molecule has 0 bridgehead atoms. The summed E-state index contributed by atoms with van der Waals surface area (Å²) in [5, 5.41) is 4.89. The molecule has 1 aliphatic heterocycles. The number of nitrogens with zero attached hydrogens (tertiary/aromatic N) is 3. The number of thiophene rings is 1. The lowest BCUT2D eigenvalue weighted by atomic mass is 10.1. The Labute approximate surface area is 187 Å². The van der Waals surface area contributed by atoms with E-state index in [0.29, 0.717) is 22.7 Å². The van der Waals surface area contributed by atoms with Crippen LogP contribution in [0.1, 0.15) is 26.7 Å². The van der Waals surface area contributed by atoms with Crippen LogP contribution >= 0.6 is 23.1 Å². The minimum Gasteiger partial charge on any atom is -0.496 e. The summed E-state index contributed by atoms with van der Waals surface area (Å²) in [6, 6.07) is 11.3. The highest BCUT2D eigenvalue weighted by atomic mass is 32.2. The molecule has 0 spiro atoms. The second kappa shape index (κ2) is 8.60. The molecule has 158 valence electrons. The second-order valence-electron chi connectivity index (χ2n) is 6.86. The van der Waals surface area contributed by atoms with E-state index in [1.807, 2.05) is 65.1 Å². The number of carbonyl (C=O) groups excluding carboxylic acids is 1. The highest BCUT2D eigenvalue weighted by Gasteiger charge is 2.28. The Balaban J connectivity index is 1.37. The molecule has 3 aromatic heterocycles. The van der Waals surface area contributed by atoms with Gasteiger partial charge in [-0.15, -0.1) is 11.3 Å². The number of hydrogen-bond donors (Lipinski definition) is 0. The van der Waals surface area contributed by atoms with Crippen molar-refractivity contribution >= 4 is 29.1 Å². The zero-order chi connectivity index (χ0) is 21.2. The van der Waals surface area contributed by atoms with E-state index in [1.165, 1.54) is 4.88 Å². The molecule has 0 radical (unpaired) electrons. The minimum atomic E-state index is -0.370. The fourth-order valence-corrected chi connectivity index (χ4v) is 5.97. The highest BCUT2D eigenvalue weighted by Crippen LogP contribution is 2.38. The summed E-state index contributed by atoms with van der Waals surface area (Å²) in [5.41, 5.74) is 2.45. The van der Waals surface area contributed by atoms with Gasteiger partial charge in [0.05, 0.1) is 18.2 Å². The van der Waals surface area contributed by atoms with Gasteiger partial charge in [0.2, 0.25) is 5.82 Å². The van der Waals surface area contributed by atoms with E-state index in [-0.39, 0.29) is 18.5 Å². The summed E-state index contributed by atoms with van der Waals surface area (Å²) >= 11 is 3.54. The van der Waals surface area contributed by atoms with Crippen molar-refractivity contribution in [2.75, 3.05) is 12.9 Å². The molecule has 0 saturated carbocycles. The number of benzene rings is 1. The highest BCUT2D eigenvalue weighted by molar-refractivity contribution is 7.98. The number of ether oxygens (including phenoxy) is 2. The van der Waals surface area contributed by atoms with Gasteiger partial charge < -0.3 is 18.6 Å². The Kier molecular flexibility index (Phi) is 5.52. The van der Waals surface area contributed by atoms with Crippen LogP contribution in [-0.2, 0) is 23.5 Å². The number of hydrogen-bond acceptors (Lipinski definition) is 8. The number of methoxy groups -OCH3 is 1. The molecule has 0 unspecified atom stereocenters. The molecule has 5 rings (SSSR count). The van der Waals surface area contributed by atoms with Crippen molar-refractivity contribution in [3.63, 3.8) is 0 Å². The average Bonchev–Trinajstić information content (AvgIpc) is 3.56. The lowest BCUT2D eigenvalue weighted by molar-refractivity contribution is 0.0429. The molecule has 7 nitrogen and oxygen atoms in total. The lowest BCUT2D eigenvalue weighted by Crippen LogP contribution is -2.12. The van der Waals surface area contributed by atoms with Crippen molar-refractivity contribution in [2.24, 2.45) is 0 Å². The topological polar surface area (TPSA) is 79.4 Å². The zero-order valence-electron chi connectivity index (χ0n) is 16.7. The number of fused-ring (bicyclic) bond motifs is 1. The lowest BCUT2D eigenvalue weighted by Gasteiger charge is -2.12. The number of thioether (sulfide) groups is 1. The molecule has 1 aromatic carbocycles. The van der Waals surface area contributed by atoms with Crippen molar-refractivity contribution in [1.29, 1.82) is 0 Å².